The van der Waals surface area contributed by atoms with Crippen LogP contribution in [0.25, 0.3) is 22.8 Å². The molecule has 0 aliphatic carbocycles. The zero-order chi connectivity index (χ0) is 21.8. The third kappa shape index (κ3) is 4.75. The molecule has 6 nitrogen and oxygen atoms in total. The number of amides is 1. The second kappa shape index (κ2) is 9.02. The average Bonchev–Trinajstić information content (AvgIpc) is 3.26. The highest BCUT2D eigenvalue weighted by Crippen LogP contribution is 2.30. The number of nitrogens with one attached hydrogen (secondary N) is 1. The van der Waals surface area contributed by atoms with Gasteiger partial charge in [0.2, 0.25) is 5.82 Å². The Hall–Kier alpha value is -3.64. The van der Waals surface area contributed by atoms with Crippen molar-refractivity contribution in [3.8, 4) is 28.6 Å². The van der Waals surface area contributed by atoms with Crippen molar-refractivity contribution in [2.75, 3.05) is 11.9 Å². The highest BCUT2D eigenvalue weighted by Gasteiger charge is 2.16. The van der Waals surface area contributed by atoms with E-state index in [1.54, 1.807) is 24.3 Å². The van der Waals surface area contributed by atoms with Crippen LogP contribution in [0.1, 0.15) is 11.1 Å². The number of ether oxygens (including phenoxy) is 1. The monoisotopic (exact) mass is 433 g/mol. The van der Waals surface area contributed by atoms with Gasteiger partial charge >= 0.3 is 0 Å². The zero-order valence-corrected chi connectivity index (χ0v) is 17.8. The number of para-hydroxylation sites is 2. The van der Waals surface area contributed by atoms with Gasteiger partial charge in [0.25, 0.3) is 11.8 Å². The molecule has 31 heavy (non-hydrogen) atoms. The number of rotatable bonds is 6. The normalized spacial score (nSPS) is 10.7. The van der Waals surface area contributed by atoms with Gasteiger partial charge in [-0.05, 0) is 61.4 Å². The van der Waals surface area contributed by atoms with Crippen LogP contribution in [0.15, 0.2) is 71.3 Å². The predicted molar refractivity (Wildman–Crippen MR) is 120 cm³/mol. The molecule has 0 spiro atoms. The van der Waals surface area contributed by atoms with Gasteiger partial charge < -0.3 is 14.6 Å². The van der Waals surface area contributed by atoms with Crippen molar-refractivity contribution >= 4 is 23.2 Å². The molecule has 1 amide bonds. The van der Waals surface area contributed by atoms with Gasteiger partial charge in [-0.15, -0.1) is 0 Å². The number of hydrogen-bond donors (Lipinski definition) is 1. The largest absolute Gasteiger partial charge is 0.483 e. The lowest BCUT2D eigenvalue weighted by molar-refractivity contribution is -0.118. The fraction of sp³-hybridized carbons (Fsp3) is 0.125. The van der Waals surface area contributed by atoms with Crippen LogP contribution >= 0.6 is 11.6 Å². The molecule has 0 unspecified atom stereocenters. The van der Waals surface area contributed by atoms with E-state index in [1.165, 1.54) is 0 Å². The van der Waals surface area contributed by atoms with Crippen molar-refractivity contribution in [3.63, 3.8) is 0 Å². The topological polar surface area (TPSA) is 77.2 Å². The van der Waals surface area contributed by atoms with E-state index in [2.05, 4.69) is 15.5 Å². The molecule has 0 atom stereocenters. The van der Waals surface area contributed by atoms with Crippen molar-refractivity contribution in [1.29, 1.82) is 0 Å². The summed E-state index contributed by atoms with van der Waals surface area (Å²) in [5.74, 6) is 0.968. The number of anilines is 1. The van der Waals surface area contributed by atoms with E-state index in [-0.39, 0.29) is 12.5 Å². The molecule has 0 aliphatic heterocycles. The minimum atomic E-state index is -0.250. The lowest BCUT2D eigenvalue weighted by Gasteiger charge is -2.13. The Labute approximate surface area is 184 Å². The van der Waals surface area contributed by atoms with E-state index in [0.717, 1.165) is 22.4 Å². The molecule has 7 heteroatoms. The lowest BCUT2D eigenvalue weighted by Crippen LogP contribution is -2.21. The maximum Gasteiger partial charge on any atom is 0.262 e. The Morgan fingerprint density at radius 1 is 1.00 bits per heavy atom. The number of halogens is 1. The Bertz CT molecular complexity index is 1200. The predicted octanol–water partition coefficient (Wildman–Crippen LogP) is 5.69. The molecule has 3 aromatic carbocycles. The Morgan fingerprint density at radius 2 is 1.71 bits per heavy atom. The van der Waals surface area contributed by atoms with Gasteiger partial charge in [-0.2, -0.15) is 4.98 Å². The number of nitrogens with zero attached hydrogens (tertiary/aromatic N) is 2. The van der Waals surface area contributed by atoms with Crippen LogP contribution in [0.5, 0.6) is 5.75 Å². The summed E-state index contributed by atoms with van der Waals surface area (Å²) in [6, 6.07) is 20.2. The SMILES string of the molecule is Cc1cccc(C)c1NC(=O)COc1ccccc1-c1nc(-c2ccc(Cl)cc2)no1. The highest BCUT2D eigenvalue weighted by atomic mass is 35.5. The van der Waals surface area contributed by atoms with Crippen LogP contribution in [-0.4, -0.2) is 22.7 Å². The number of aromatic nitrogens is 2. The maximum atomic E-state index is 12.5. The van der Waals surface area contributed by atoms with Gasteiger partial charge in [0.1, 0.15) is 5.75 Å². The van der Waals surface area contributed by atoms with Crippen LogP contribution in [0, 0.1) is 13.8 Å². The summed E-state index contributed by atoms with van der Waals surface area (Å²) >= 11 is 5.94. The molecule has 0 saturated carbocycles. The number of aryl methyl sites for hydroxylation is 2. The van der Waals surface area contributed by atoms with Gasteiger partial charge in [-0.3, -0.25) is 4.79 Å². The summed E-state index contributed by atoms with van der Waals surface area (Å²) in [4.78, 5) is 16.9. The Kier molecular flexibility index (Phi) is 6.00. The van der Waals surface area contributed by atoms with E-state index < -0.39 is 0 Å². The molecule has 0 radical (unpaired) electrons. The molecule has 4 rings (SSSR count). The van der Waals surface area contributed by atoms with Crippen molar-refractivity contribution in [1.82, 2.24) is 10.1 Å². The Morgan fingerprint density at radius 3 is 2.45 bits per heavy atom. The molecular weight excluding hydrogens is 414 g/mol. The first-order valence-corrected chi connectivity index (χ1v) is 10.1. The molecule has 0 bridgehead atoms. The first-order chi connectivity index (χ1) is 15.0. The van der Waals surface area contributed by atoms with Crippen LogP contribution in [-0.2, 0) is 4.79 Å². The van der Waals surface area contributed by atoms with E-state index in [1.807, 2.05) is 56.3 Å². The Balaban J connectivity index is 1.49. The second-order valence-corrected chi connectivity index (χ2v) is 7.47. The molecule has 0 fully saturated rings. The summed E-state index contributed by atoms with van der Waals surface area (Å²) in [5, 5.41) is 7.58. The van der Waals surface area contributed by atoms with Crippen LogP contribution in [0.3, 0.4) is 0 Å². The third-order valence-corrected chi connectivity index (χ3v) is 5.00. The van der Waals surface area contributed by atoms with E-state index in [9.17, 15) is 4.79 Å². The fourth-order valence-corrected chi connectivity index (χ4v) is 3.27. The maximum absolute atomic E-state index is 12.5. The van der Waals surface area contributed by atoms with Crippen molar-refractivity contribution in [2.45, 2.75) is 13.8 Å². The summed E-state index contributed by atoms with van der Waals surface area (Å²) in [5.41, 5.74) is 4.18. The summed E-state index contributed by atoms with van der Waals surface area (Å²) in [6.07, 6.45) is 0. The van der Waals surface area contributed by atoms with E-state index >= 15 is 0 Å². The average molecular weight is 434 g/mol. The zero-order valence-electron chi connectivity index (χ0n) is 17.1. The second-order valence-electron chi connectivity index (χ2n) is 7.03. The molecule has 156 valence electrons. The minimum absolute atomic E-state index is 0.150. The summed E-state index contributed by atoms with van der Waals surface area (Å²) < 4.78 is 11.2. The first-order valence-electron chi connectivity index (χ1n) is 9.69. The van der Waals surface area contributed by atoms with Gasteiger partial charge in [0, 0.05) is 16.3 Å². The van der Waals surface area contributed by atoms with E-state index in [0.29, 0.717) is 28.1 Å². The summed E-state index contributed by atoms with van der Waals surface area (Å²) in [7, 11) is 0. The molecule has 4 aromatic rings. The molecule has 0 saturated heterocycles. The van der Waals surface area contributed by atoms with Crippen LogP contribution in [0.2, 0.25) is 5.02 Å². The number of hydrogen-bond acceptors (Lipinski definition) is 5. The third-order valence-electron chi connectivity index (χ3n) is 4.75. The molecule has 1 N–H and O–H groups in total. The van der Waals surface area contributed by atoms with Crippen molar-refractivity contribution in [3.05, 3.63) is 82.9 Å². The summed E-state index contributed by atoms with van der Waals surface area (Å²) in [6.45, 7) is 3.75. The molecule has 1 aromatic heterocycles. The van der Waals surface area contributed by atoms with Crippen LogP contribution < -0.4 is 10.1 Å². The highest BCUT2D eigenvalue weighted by molar-refractivity contribution is 6.30. The van der Waals surface area contributed by atoms with Crippen molar-refractivity contribution < 1.29 is 14.1 Å². The first kappa shape index (κ1) is 20.6. The van der Waals surface area contributed by atoms with E-state index in [4.69, 9.17) is 20.9 Å². The van der Waals surface area contributed by atoms with Gasteiger partial charge in [0.15, 0.2) is 6.61 Å². The quantitative estimate of drug-likeness (QED) is 0.422. The molecular formula is C24H20ClN3O3. The van der Waals surface area contributed by atoms with Gasteiger partial charge in [-0.1, -0.05) is 47.1 Å². The minimum Gasteiger partial charge on any atom is -0.483 e. The number of carbonyl (C=O) groups is 1. The number of carbonyl (C=O) groups excluding carboxylic acids is 1. The van der Waals surface area contributed by atoms with Crippen LogP contribution in [0.4, 0.5) is 5.69 Å². The number of benzene rings is 3. The lowest BCUT2D eigenvalue weighted by atomic mass is 10.1. The molecule has 1 heterocycles. The smallest absolute Gasteiger partial charge is 0.262 e. The van der Waals surface area contributed by atoms with Gasteiger partial charge in [-0.25, -0.2) is 0 Å². The standard InChI is InChI=1S/C24H20ClN3O3/c1-15-6-5-7-16(2)22(15)26-21(29)14-30-20-9-4-3-8-19(20)24-27-23(28-31-24)17-10-12-18(25)13-11-17/h3-13H,14H2,1-2H3,(H,26,29). The fourth-order valence-electron chi connectivity index (χ4n) is 3.15. The van der Waals surface area contributed by atoms with Crippen molar-refractivity contribution in [2.24, 2.45) is 0 Å². The molecule has 0 aliphatic rings. The van der Waals surface area contributed by atoms with Gasteiger partial charge in [0.05, 0.1) is 5.56 Å².